The predicted octanol–water partition coefficient (Wildman–Crippen LogP) is 2.04. The molecular weight excluding hydrogens is 418 g/mol. The molecule has 9 nitrogen and oxygen atoms in total. The normalized spacial score (nSPS) is 21.1. The van der Waals surface area contributed by atoms with E-state index >= 15 is 0 Å². The van der Waals surface area contributed by atoms with Gasteiger partial charge in [-0.3, -0.25) is 9.69 Å². The van der Waals surface area contributed by atoms with Gasteiger partial charge in [0.25, 0.3) is 5.56 Å². The fourth-order valence-electron chi connectivity index (χ4n) is 5.25. The Bertz CT molecular complexity index is 1170. The van der Waals surface area contributed by atoms with Crippen LogP contribution in [-0.4, -0.2) is 80.4 Å². The molecule has 0 amide bonds. The van der Waals surface area contributed by atoms with Gasteiger partial charge in [-0.05, 0) is 66.9 Å². The number of tetrazole rings is 1. The van der Waals surface area contributed by atoms with Crippen molar-refractivity contribution in [3.05, 3.63) is 51.1 Å². The van der Waals surface area contributed by atoms with Gasteiger partial charge >= 0.3 is 0 Å². The molecule has 0 spiro atoms. The van der Waals surface area contributed by atoms with E-state index in [1.165, 1.54) is 0 Å². The topological polar surface area (TPSA) is 92.2 Å². The van der Waals surface area contributed by atoms with Crippen molar-refractivity contribution in [2.24, 2.45) is 0 Å². The minimum atomic E-state index is -0.311. The van der Waals surface area contributed by atoms with Gasteiger partial charge < -0.3 is 14.6 Å². The molecule has 2 fully saturated rings. The molecule has 176 valence electrons. The van der Waals surface area contributed by atoms with Crippen LogP contribution in [0.4, 0.5) is 0 Å². The van der Waals surface area contributed by atoms with Crippen molar-refractivity contribution >= 4 is 10.9 Å². The van der Waals surface area contributed by atoms with Crippen LogP contribution < -0.4 is 5.56 Å². The fourth-order valence-corrected chi connectivity index (χ4v) is 5.25. The summed E-state index contributed by atoms with van der Waals surface area (Å²) in [5, 5.41) is 13.8. The second kappa shape index (κ2) is 9.32. The number of aryl methyl sites for hydroxylation is 2. The molecular formula is C24H33N7O2. The van der Waals surface area contributed by atoms with Crippen LogP contribution in [0.25, 0.3) is 10.9 Å². The molecule has 0 saturated carbocycles. The third-order valence-corrected chi connectivity index (χ3v) is 7.06. The van der Waals surface area contributed by atoms with Crippen LogP contribution in [0.3, 0.4) is 0 Å². The van der Waals surface area contributed by atoms with E-state index in [1.807, 2.05) is 23.7 Å². The highest BCUT2D eigenvalue weighted by atomic mass is 16.5. The van der Waals surface area contributed by atoms with Crippen LogP contribution >= 0.6 is 0 Å². The fraction of sp³-hybridized carbons (Fsp3) is 0.583. The van der Waals surface area contributed by atoms with Gasteiger partial charge in [-0.15, -0.1) is 5.10 Å². The van der Waals surface area contributed by atoms with Gasteiger partial charge in [0.15, 0.2) is 5.82 Å². The van der Waals surface area contributed by atoms with Gasteiger partial charge in [-0.25, -0.2) is 4.68 Å². The van der Waals surface area contributed by atoms with E-state index < -0.39 is 0 Å². The van der Waals surface area contributed by atoms with E-state index in [1.54, 1.807) is 0 Å². The van der Waals surface area contributed by atoms with Crippen molar-refractivity contribution in [3.8, 4) is 0 Å². The first-order chi connectivity index (χ1) is 16.0. The Labute approximate surface area is 193 Å². The number of piperazine rings is 1. The summed E-state index contributed by atoms with van der Waals surface area (Å²) in [5.74, 6) is 0.713. The summed E-state index contributed by atoms with van der Waals surface area (Å²) in [6.45, 7) is 12.4. The first-order valence-electron chi connectivity index (χ1n) is 12.0. The van der Waals surface area contributed by atoms with E-state index in [9.17, 15) is 4.79 Å². The Balaban J connectivity index is 1.59. The summed E-state index contributed by atoms with van der Waals surface area (Å²) in [7, 11) is 0. The molecule has 1 N–H and O–H groups in total. The van der Waals surface area contributed by atoms with Crippen molar-refractivity contribution in [2.45, 2.75) is 52.3 Å². The minimum Gasteiger partial charge on any atom is -0.376 e. The lowest BCUT2D eigenvalue weighted by Crippen LogP contribution is -2.49. The lowest BCUT2D eigenvalue weighted by atomic mass is 9.99. The van der Waals surface area contributed by atoms with Gasteiger partial charge in [-0.2, -0.15) is 0 Å². The van der Waals surface area contributed by atoms with Crippen LogP contribution in [-0.2, 0) is 11.3 Å². The van der Waals surface area contributed by atoms with Gasteiger partial charge in [0.05, 0.1) is 12.6 Å². The molecule has 4 heterocycles. The highest BCUT2D eigenvalue weighted by Crippen LogP contribution is 2.29. The standard InChI is InChI=1S/C24H33N7O2/c1-4-29-7-9-30(10-8-29)22(23-26-27-28-31(23)15-18-6-5-11-33-18)20-14-19-17(3)12-16(2)13-21(19)25-24(20)32/h12-14,18,22H,4-11,15H2,1-3H3,(H,25,32)/t18-,22-/m0/s1. The molecule has 0 radical (unpaired) electrons. The SMILES string of the molecule is CCN1CCN([C@@H](c2cc3c(C)cc(C)cc3[nH]c2=O)c2nnnn2C[C@@H]2CCCO2)CC1. The average molecular weight is 452 g/mol. The lowest BCUT2D eigenvalue weighted by molar-refractivity contribution is 0.0860. The van der Waals surface area contributed by atoms with Gasteiger partial charge in [0.1, 0.15) is 6.04 Å². The van der Waals surface area contributed by atoms with E-state index in [4.69, 9.17) is 4.74 Å². The van der Waals surface area contributed by atoms with E-state index in [-0.39, 0.29) is 17.7 Å². The molecule has 3 aromatic rings. The second-order valence-corrected chi connectivity index (χ2v) is 9.32. The number of rotatable bonds is 6. The van der Waals surface area contributed by atoms with E-state index in [0.29, 0.717) is 17.9 Å². The number of fused-ring (bicyclic) bond motifs is 1. The third kappa shape index (κ3) is 4.45. The summed E-state index contributed by atoms with van der Waals surface area (Å²) in [5.41, 5.74) is 3.77. The first kappa shape index (κ1) is 22.2. The highest BCUT2D eigenvalue weighted by Gasteiger charge is 2.33. The molecule has 0 bridgehead atoms. The maximum atomic E-state index is 13.4. The number of benzene rings is 1. The number of hydrogen-bond donors (Lipinski definition) is 1. The maximum Gasteiger partial charge on any atom is 0.253 e. The smallest absolute Gasteiger partial charge is 0.253 e. The average Bonchev–Trinajstić information content (AvgIpc) is 3.48. The molecule has 2 aromatic heterocycles. The van der Waals surface area contributed by atoms with Gasteiger partial charge in [0.2, 0.25) is 0 Å². The Morgan fingerprint density at radius 3 is 2.73 bits per heavy atom. The third-order valence-electron chi connectivity index (χ3n) is 7.06. The van der Waals surface area contributed by atoms with Crippen LogP contribution in [0, 0.1) is 13.8 Å². The summed E-state index contributed by atoms with van der Waals surface area (Å²) in [6.07, 6.45) is 2.19. The Morgan fingerprint density at radius 1 is 1.18 bits per heavy atom. The number of aromatic amines is 1. The Morgan fingerprint density at radius 2 is 2.00 bits per heavy atom. The zero-order valence-corrected chi connectivity index (χ0v) is 19.8. The van der Waals surface area contributed by atoms with Crippen LogP contribution in [0.15, 0.2) is 23.0 Å². The van der Waals surface area contributed by atoms with E-state index in [0.717, 1.165) is 74.2 Å². The van der Waals surface area contributed by atoms with Crippen molar-refractivity contribution in [2.75, 3.05) is 39.3 Å². The highest BCUT2D eigenvalue weighted by molar-refractivity contribution is 5.83. The number of pyridine rings is 1. The molecule has 2 saturated heterocycles. The Kier molecular flexibility index (Phi) is 6.27. The number of H-pyrrole nitrogens is 1. The molecule has 2 aliphatic heterocycles. The maximum absolute atomic E-state index is 13.4. The second-order valence-electron chi connectivity index (χ2n) is 9.32. The lowest BCUT2D eigenvalue weighted by Gasteiger charge is -2.38. The summed E-state index contributed by atoms with van der Waals surface area (Å²) < 4.78 is 7.69. The minimum absolute atomic E-state index is 0.0814. The first-order valence-corrected chi connectivity index (χ1v) is 12.0. The number of hydrogen-bond acceptors (Lipinski definition) is 7. The molecule has 0 unspecified atom stereocenters. The number of aromatic nitrogens is 5. The predicted molar refractivity (Wildman–Crippen MR) is 126 cm³/mol. The monoisotopic (exact) mass is 451 g/mol. The van der Waals surface area contributed by atoms with Crippen molar-refractivity contribution in [1.82, 2.24) is 35.0 Å². The summed E-state index contributed by atoms with van der Waals surface area (Å²) >= 11 is 0. The van der Waals surface area contributed by atoms with Gasteiger partial charge in [0, 0.05) is 49.3 Å². The Hall–Kier alpha value is -2.62. The van der Waals surface area contributed by atoms with Crippen LogP contribution in [0.2, 0.25) is 0 Å². The zero-order valence-electron chi connectivity index (χ0n) is 19.8. The number of ether oxygens (including phenoxy) is 1. The number of nitrogens with zero attached hydrogens (tertiary/aromatic N) is 6. The molecule has 9 heteroatoms. The van der Waals surface area contributed by atoms with E-state index in [2.05, 4.69) is 50.2 Å². The largest absolute Gasteiger partial charge is 0.376 e. The van der Waals surface area contributed by atoms with Crippen LogP contribution in [0.5, 0.6) is 0 Å². The molecule has 33 heavy (non-hydrogen) atoms. The van der Waals surface area contributed by atoms with Crippen molar-refractivity contribution in [1.29, 1.82) is 0 Å². The number of nitrogens with one attached hydrogen (secondary N) is 1. The molecule has 2 aliphatic rings. The molecule has 5 rings (SSSR count). The quantitative estimate of drug-likeness (QED) is 0.613. The zero-order chi connectivity index (χ0) is 22.9. The van der Waals surface area contributed by atoms with Crippen LogP contribution in [0.1, 0.15) is 48.3 Å². The van der Waals surface area contributed by atoms with Crippen molar-refractivity contribution in [3.63, 3.8) is 0 Å². The van der Waals surface area contributed by atoms with Crippen molar-refractivity contribution < 1.29 is 4.74 Å². The summed E-state index contributed by atoms with van der Waals surface area (Å²) in [4.78, 5) is 21.3. The summed E-state index contributed by atoms with van der Waals surface area (Å²) in [6, 6.07) is 5.92. The molecule has 0 aliphatic carbocycles. The molecule has 2 atom stereocenters. The number of likely N-dealkylation sites (N-methyl/N-ethyl adjacent to an activating group) is 1. The van der Waals surface area contributed by atoms with Gasteiger partial charge in [-0.1, -0.05) is 13.0 Å². The molecule has 1 aromatic carbocycles.